The van der Waals surface area contributed by atoms with Crippen LogP contribution in [-0.2, 0) is 10.0 Å². The van der Waals surface area contributed by atoms with Crippen LogP contribution in [0, 0.1) is 17.8 Å². The van der Waals surface area contributed by atoms with Crippen LogP contribution < -0.4 is 4.83 Å². The summed E-state index contributed by atoms with van der Waals surface area (Å²) in [7, 11) is -3.58. The minimum Gasteiger partial charge on any atom is -0.200 e. The lowest BCUT2D eigenvalue weighted by Crippen LogP contribution is -2.24. The van der Waals surface area contributed by atoms with Gasteiger partial charge < -0.3 is 0 Å². The van der Waals surface area contributed by atoms with Crippen molar-refractivity contribution in [1.29, 1.82) is 0 Å². The monoisotopic (exact) mass is 348 g/mol. The van der Waals surface area contributed by atoms with Crippen molar-refractivity contribution in [2.45, 2.75) is 63.7 Å². The van der Waals surface area contributed by atoms with Crippen molar-refractivity contribution in [3.05, 3.63) is 29.8 Å². The minimum absolute atomic E-state index is 0.277. The standard InChI is InChI=1S/C19H28N2O2S/c1-4-13(2)16-7-9-18(10-8-16)24(22,23)21-20-14(3)19-12-15-5-6-17(19)11-15/h7-10,13,15,17,19,21H,4-6,11-12H2,1-3H3/b20-14+/t13-,15+,17+,19+/m1/s1. The van der Waals surface area contributed by atoms with Crippen LogP contribution in [-0.4, -0.2) is 14.1 Å². The first-order valence-corrected chi connectivity index (χ1v) is 10.5. The fourth-order valence-electron chi connectivity index (χ4n) is 4.24. The van der Waals surface area contributed by atoms with E-state index in [9.17, 15) is 8.42 Å². The molecular weight excluding hydrogens is 320 g/mol. The molecule has 0 unspecified atom stereocenters. The van der Waals surface area contributed by atoms with Crippen LogP contribution in [0.2, 0.25) is 0 Å². The molecular formula is C19H28N2O2S. The van der Waals surface area contributed by atoms with Crippen LogP contribution >= 0.6 is 0 Å². The first-order chi connectivity index (χ1) is 11.4. The number of sulfonamides is 1. The van der Waals surface area contributed by atoms with Crippen LogP contribution in [0.3, 0.4) is 0 Å². The first-order valence-electron chi connectivity index (χ1n) is 9.06. The molecule has 132 valence electrons. The third-order valence-corrected chi connectivity index (χ3v) is 7.21. The van der Waals surface area contributed by atoms with Crippen LogP contribution in [0.4, 0.5) is 0 Å². The number of nitrogens with one attached hydrogen (secondary N) is 1. The molecule has 0 spiro atoms. The molecule has 1 aromatic carbocycles. The number of nitrogens with zero attached hydrogens (tertiary/aromatic N) is 1. The summed E-state index contributed by atoms with van der Waals surface area (Å²) in [6.45, 7) is 6.23. The minimum atomic E-state index is -3.58. The zero-order valence-electron chi connectivity index (χ0n) is 14.8. The second-order valence-corrected chi connectivity index (χ2v) is 9.17. The number of rotatable bonds is 6. The molecule has 0 heterocycles. The van der Waals surface area contributed by atoms with Gasteiger partial charge in [-0.2, -0.15) is 13.5 Å². The van der Waals surface area contributed by atoms with Crippen molar-refractivity contribution in [1.82, 2.24) is 4.83 Å². The lowest BCUT2D eigenvalue weighted by atomic mass is 9.86. The summed E-state index contributed by atoms with van der Waals surface area (Å²) in [4.78, 5) is 2.71. The fourth-order valence-corrected chi connectivity index (χ4v) is 5.10. The zero-order chi connectivity index (χ0) is 17.3. The highest BCUT2D eigenvalue weighted by atomic mass is 32.2. The molecule has 0 aromatic heterocycles. The Morgan fingerprint density at radius 2 is 1.96 bits per heavy atom. The van der Waals surface area contributed by atoms with Gasteiger partial charge in [0, 0.05) is 11.6 Å². The fraction of sp³-hybridized carbons (Fsp3) is 0.632. The van der Waals surface area contributed by atoms with Crippen molar-refractivity contribution in [3.63, 3.8) is 0 Å². The maximum atomic E-state index is 12.4. The Morgan fingerprint density at radius 1 is 1.25 bits per heavy atom. The molecule has 0 amide bonds. The molecule has 0 saturated heterocycles. The molecule has 2 saturated carbocycles. The average Bonchev–Trinajstić information content (AvgIpc) is 3.22. The van der Waals surface area contributed by atoms with Gasteiger partial charge in [0.2, 0.25) is 0 Å². The van der Waals surface area contributed by atoms with Crippen LogP contribution in [0.25, 0.3) is 0 Å². The van der Waals surface area contributed by atoms with Gasteiger partial charge in [-0.1, -0.05) is 32.4 Å². The predicted octanol–water partition coefficient (Wildman–Crippen LogP) is 4.29. The molecule has 0 radical (unpaired) electrons. The van der Waals surface area contributed by atoms with E-state index in [-0.39, 0.29) is 4.90 Å². The Hall–Kier alpha value is -1.36. The van der Waals surface area contributed by atoms with E-state index in [4.69, 9.17) is 0 Å². The molecule has 0 aliphatic heterocycles. The Balaban J connectivity index is 1.68. The maximum absolute atomic E-state index is 12.4. The van der Waals surface area contributed by atoms with Gasteiger partial charge in [0.1, 0.15) is 0 Å². The van der Waals surface area contributed by atoms with E-state index in [0.717, 1.165) is 23.6 Å². The second kappa shape index (κ2) is 6.87. The zero-order valence-corrected chi connectivity index (χ0v) is 15.6. The molecule has 24 heavy (non-hydrogen) atoms. The van der Waals surface area contributed by atoms with Gasteiger partial charge in [0.05, 0.1) is 4.90 Å². The number of hydrogen-bond acceptors (Lipinski definition) is 3. The van der Waals surface area contributed by atoms with E-state index < -0.39 is 10.0 Å². The highest BCUT2D eigenvalue weighted by Crippen LogP contribution is 2.48. The molecule has 5 heteroatoms. The SMILES string of the molecule is CC[C@@H](C)c1ccc(S(=O)(=O)N/N=C(\C)[C@@H]2C[C@H]3CC[C@H]2C3)cc1. The van der Waals surface area contributed by atoms with Gasteiger partial charge in [-0.15, -0.1) is 0 Å². The lowest BCUT2D eigenvalue weighted by Gasteiger charge is -2.21. The van der Waals surface area contributed by atoms with E-state index in [1.165, 1.54) is 25.7 Å². The highest BCUT2D eigenvalue weighted by Gasteiger charge is 2.40. The summed E-state index contributed by atoms with van der Waals surface area (Å²) >= 11 is 0. The number of fused-ring (bicyclic) bond motifs is 2. The van der Waals surface area contributed by atoms with Crippen LogP contribution in [0.5, 0.6) is 0 Å². The summed E-state index contributed by atoms with van der Waals surface area (Å²) in [5.74, 6) is 2.43. The number of hydrazone groups is 1. The van der Waals surface area contributed by atoms with E-state index >= 15 is 0 Å². The Bertz CT molecular complexity index is 709. The normalized spacial score (nSPS) is 28.1. The van der Waals surface area contributed by atoms with Gasteiger partial charge in [-0.25, -0.2) is 4.83 Å². The molecule has 2 aliphatic rings. The van der Waals surface area contributed by atoms with E-state index in [1.807, 2.05) is 19.1 Å². The topological polar surface area (TPSA) is 58.5 Å². The highest BCUT2D eigenvalue weighted by molar-refractivity contribution is 7.89. The maximum Gasteiger partial charge on any atom is 0.276 e. The van der Waals surface area contributed by atoms with E-state index in [1.54, 1.807) is 12.1 Å². The summed E-state index contributed by atoms with van der Waals surface area (Å²) in [5.41, 5.74) is 2.10. The van der Waals surface area contributed by atoms with E-state index in [2.05, 4.69) is 23.8 Å². The summed E-state index contributed by atoms with van der Waals surface area (Å²) in [5, 5.41) is 4.23. The van der Waals surface area contributed by atoms with Crippen molar-refractivity contribution in [2.24, 2.45) is 22.9 Å². The third kappa shape index (κ3) is 3.51. The van der Waals surface area contributed by atoms with Crippen molar-refractivity contribution < 1.29 is 8.42 Å². The van der Waals surface area contributed by atoms with Crippen LogP contribution in [0.1, 0.15) is 64.4 Å². The van der Waals surface area contributed by atoms with Crippen molar-refractivity contribution in [2.75, 3.05) is 0 Å². The third-order valence-electron chi connectivity index (χ3n) is 5.99. The number of hydrogen-bond donors (Lipinski definition) is 1. The van der Waals surface area contributed by atoms with Gasteiger partial charge in [0.25, 0.3) is 10.0 Å². The van der Waals surface area contributed by atoms with Gasteiger partial charge in [-0.05, 0) is 68.1 Å². The molecule has 4 atom stereocenters. The van der Waals surface area contributed by atoms with Gasteiger partial charge in [-0.3, -0.25) is 0 Å². The molecule has 1 aromatic rings. The lowest BCUT2D eigenvalue weighted by molar-refractivity contribution is 0.413. The first kappa shape index (κ1) is 17.5. The molecule has 2 aliphatic carbocycles. The molecule has 2 fully saturated rings. The van der Waals surface area contributed by atoms with Gasteiger partial charge >= 0.3 is 0 Å². The van der Waals surface area contributed by atoms with Crippen LogP contribution in [0.15, 0.2) is 34.3 Å². The molecule has 1 N–H and O–H groups in total. The van der Waals surface area contributed by atoms with Crippen molar-refractivity contribution in [3.8, 4) is 0 Å². The molecule has 3 rings (SSSR count). The second-order valence-electron chi connectivity index (χ2n) is 7.51. The van der Waals surface area contributed by atoms with Gasteiger partial charge in [0.15, 0.2) is 0 Å². The quantitative estimate of drug-likeness (QED) is 0.616. The van der Waals surface area contributed by atoms with Crippen molar-refractivity contribution >= 4 is 15.7 Å². The smallest absolute Gasteiger partial charge is 0.200 e. The average molecular weight is 349 g/mol. The summed E-state index contributed by atoms with van der Waals surface area (Å²) in [6, 6.07) is 7.14. The molecule has 2 bridgehead atoms. The summed E-state index contributed by atoms with van der Waals surface area (Å²) in [6.07, 6.45) is 6.11. The molecule has 4 nitrogen and oxygen atoms in total. The van der Waals surface area contributed by atoms with E-state index in [0.29, 0.717) is 17.8 Å². The Morgan fingerprint density at radius 3 is 2.50 bits per heavy atom. The predicted molar refractivity (Wildman–Crippen MR) is 97.5 cm³/mol. The summed E-state index contributed by atoms with van der Waals surface area (Å²) < 4.78 is 24.9. The number of benzene rings is 1. The Kier molecular flexibility index (Phi) is 5.00. The largest absolute Gasteiger partial charge is 0.276 e. The Labute approximate surface area is 145 Å².